The first kappa shape index (κ1) is 23.0. The number of rotatable bonds is 10. The zero-order valence-electron chi connectivity index (χ0n) is 17.7. The minimum absolute atomic E-state index is 0.178. The Morgan fingerprint density at radius 2 is 1.75 bits per heavy atom. The van der Waals surface area contributed by atoms with E-state index in [0.29, 0.717) is 34.6 Å². The van der Waals surface area contributed by atoms with Crippen molar-refractivity contribution in [3.8, 4) is 23.0 Å². The predicted molar refractivity (Wildman–Crippen MR) is 123 cm³/mol. The molecule has 8 heteroatoms. The van der Waals surface area contributed by atoms with Crippen molar-refractivity contribution in [3.63, 3.8) is 0 Å². The molecule has 3 aromatic carbocycles. The van der Waals surface area contributed by atoms with Gasteiger partial charge in [0.25, 0.3) is 5.91 Å². The highest BCUT2D eigenvalue weighted by Crippen LogP contribution is 2.29. The molecule has 0 aromatic heterocycles. The van der Waals surface area contributed by atoms with Crippen molar-refractivity contribution >= 4 is 23.7 Å². The number of carbonyl (C=O) groups is 1. The van der Waals surface area contributed by atoms with E-state index < -0.39 is 5.91 Å². The molecule has 3 aromatic rings. The van der Waals surface area contributed by atoms with E-state index in [1.165, 1.54) is 6.21 Å². The highest BCUT2D eigenvalue weighted by atomic mass is 35.5. The van der Waals surface area contributed by atoms with Crippen molar-refractivity contribution in [2.24, 2.45) is 5.10 Å². The maximum absolute atomic E-state index is 11.9. The predicted octanol–water partition coefficient (Wildman–Crippen LogP) is 4.47. The van der Waals surface area contributed by atoms with E-state index in [0.717, 1.165) is 11.1 Å². The average molecular weight is 455 g/mol. The monoisotopic (exact) mass is 454 g/mol. The highest BCUT2D eigenvalue weighted by molar-refractivity contribution is 6.31. The van der Waals surface area contributed by atoms with Crippen LogP contribution in [-0.4, -0.2) is 32.9 Å². The van der Waals surface area contributed by atoms with Gasteiger partial charge in [0, 0.05) is 16.7 Å². The fraction of sp³-hybridized carbons (Fsp3) is 0.167. The molecule has 0 unspecified atom stereocenters. The summed E-state index contributed by atoms with van der Waals surface area (Å²) in [5.41, 5.74) is 4.02. The van der Waals surface area contributed by atoms with Crippen LogP contribution in [0.1, 0.15) is 11.1 Å². The number of hydrazone groups is 1. The van der Waals surface area contributed by atoms with Crippen molar-refractivity contribution in [1.29, 1.82) is 0 Å². The van der Waals surface area contributed by atoms with E-state index in [2.05, 4.69) is 10.5 Å². The summed E-state index contributed by atoms with van der Waals surface area (Å²) in [7, 11) is 3.11. The van der Waals surface area contributed by atoms with Crippen molar-refractivity contribution in [2.45, 2.75) is 6.61 Å². The number of hydrogen-bond donors (Lipinski definition) is 1. The van der Waals surface area contributed by atoms with Gasteiger partial charge in [-0.05, 0) is 42.0 Å². The van der Waals surface area contributed by atoms with Gasteiger partial charge in [0.15, 0.2) is 18.1 Å². The lowest BCUT2D eigenvalue weighted by Gasteiger charge is -2.12. The maximum Gasteiger partial charge on any atom is 0.277 e. The first-order chi connectivity index (χ1) is 15.6. The summed E-state index contributed by atoms with van der Waals surface area (Å²) in [6.45, 7) is 0.134. The second kappa shape index (κ2) is 11.6. The lowest BCUT2D eigenvalue weighted by atomic mass is 10.2. The SMILES string of the molecule is COc1cccc(OCC(=O)N/N=C/c2ccc(OCc3ccccc3Cl)c(OC)c2)c1. The Morgan fingerprint density at radius 3 is 2.53 bits per heavy atom. The normalized spacial score (nSPS) is 10.6. The second-order valence-corrected chi connectivity index (χ2v) is 6.96. The number of ether oxygens (including phenoxy) is 4. The molecule has 0 aliphatic heterocycles. The first-order valence-electron chi connectivity index (χ1n) is 9.72. The summed E-state index contributed by atoms with van der Waals surface area (Å²) in [6.07, 6.45) is 1.50. The van der Waals surface area contributed by atoms with Gasteiger partial charge in [0.1, 0.15) is 18.1 Å². The first-order valence-corrected chi connectivity index (χ1v) is 10.1. The van der Waals surface area contributed by atoms with Gasteiger partial charge in [0.2, 0.25) is 0 Å². The van der Waals surface area contributed by atoms with Gasteiger partial charge in [-0.2, -0.15) is 5.10 Å². The summed E-state index contributed by atoms with van der Waals surface area (Å²) in [5.74, 6) is 1.89. The molecule has 7 nitrogen and oxygen atoms in total. The number of hydrogen-bond acceptors (Lipinski definition) is 6. The minimum atomic E-state index is -0.393. The topological polar surface area (TPSA) is 78.4 Å². The summed E-state index contributed by atoms with van der Waals surface area (Å²) in [6, 6.07) is 19.8. The highest BCUT2D eigenvalue weighted by Gasteiger charge is 2.07. The molecule has 166 valence electrons. The van der Waals surface area contributed by atoms with Crippen LogP contribution in [0.15, 0.2) is 71.8 Å². The number of carbonyl (C=O) groups excluding carboxylic acids is 1. The van der Waals surface area contributed by atoms with Gasteiger partial charge in [-0.15, -0.1) is 0 Å². The third-order valence-corrected chi connectivity index (χ3v) is 4.71. The van der Waals surface area contributed by atoms with Gasteiger partial charge >= 0.3 is 0 Å². The molecular formula is C24H23ClN2O5. The molecule has 1 amide bonds. The van der Waals surface area contributed by atoms with Gasteiger partial charge in [-0.3, -0.25) is 4.79 Å². The Morgan fingerprint density at radius 1 is 0.938 bits per heavy atom. The van der Waals surface area contributed by atoms with Crippen molar-refractivity contribution < 1.29 is 23.7 Å². The third kappa shape index (κ3) is 6.65. The van der Waals surface area contributed by atoms with Crippen molar-refractivity contribution in [1.82, 2.24) is 5.43 Å². The van der Waals surface area contributed by atoms with Crippen LogP contribution >= 0.6 is 11.6 Å². The molecule has 0 fully saturated rings. The van der Waals surface area contributed by atoms with Crippen LogP contribution in [0.5, 0.6) is 23.0 Å². The number of amides is 1. The Labute approximate surface area is 191 Å². The molecule has 0 heterocycles. The zero-order chi connectivity index (χ0) is 22.8. The lowest BCUT2D eigenvalue weighted by Crippen LogP contribution is -2.24. The minimum Gasteiger partial charge on any atom is -0.497 e. The molecule has 0 aliphatic rings. The molecule has 0 atom stereocenters. The average Bonchev–Trinajstić information content (AvgIpc) is 2.82. The second-order valence-electron chi connectivity index (χ2n) is 6.55. The van der Waals surface area contributed by atoms with Crippen LogP contribution in [-0.2, 0) is 11.4 Å². The van der Waals surface area contributed by atoms with Gasteiger partial charge in [-0.1, -0.05) is 35.9 Å². The van der Waals surface area contributed by atoms with Gasteiger partial charge in [0.05, 0.1) is 20.4 Å². The summed E-state index contributed by atoms with van der Waals surface area (Å²) < 4.78 is 21.8. The Hall–Kier alpha value is -3.71. The van der Waals surface area contributed by atoms with Crippen LogP contribution in [0, 0.1) is 0 Å². The Kier molecular flexibility index (Phi) is 8.34. The van der Waals surface area contributed by atoms with Crippen LogP contribution in [0.25, 0.3) is 0 Å². The van der Waals surface area contributed by atoms with E-state index in [-0.39, 0.29) is 6.61 Å². The van der Waals surface area contributed by atoms with Gasteiger partial charge < -0.3 is 18.9 Å². The quantitative estimate of drug-likeness (QED) is 0.361. The maximum atomic E-state index is 11.9. The van der Waals surface area contributed by atoms with E-state index in [1.807, 2.05) is 24.3 Å². The molecule has 32 heavy (non-hydrogen) atoms. The Balaban J connectivity index is 1.52. The molecule has 0 saturated heterocycles. The van der Waals surface area contributed by atoms with E-state index in [4.69, 9.17) is 30.5 Å². The largest absolute Gasteiger partial charge is 0.497 e. The number of methoxy groups -OCH3 is 2. The van der Waals surface area contributed by atoms with Crippen molar-refractivity contribution in [2.75, 3.05) is 20.8 Å². The molecular weight excluding hydrogens is 432 g/mol. The van der Waals surface area contributed by atoms with Gasteiger partial charge in [-0.25, -0.2) is 5.43 Å². The Bertz CT molecular complexity index is 1090. The van der Waals surface area contributed by atoms with Crippen LogP contribution in [0.2, 0.25) is 5.02 Å². The van der Waals surface area contributed by atoms with Crippen LogP contribution in [0.3, 0.4) is 0 Å². The fourth-order valence-corrected chi connectivity index (χ4v) is 2.90. The zero-order valence-corrected chi connectivity index (χ0v) is 18.5. The van der Waals surface area contributed by atoms with E-state index in [9.17, 15) is 4.79 Å². The smallest absolute Gasteiger partial charge is 0.277 e. The number of nitrogens with zero attached hydrogens (tertiary/aromatic N) is 1. The molecule has 1 N–H and O–H groups in total. The lowest BCUT2D eigenvalue weighted by molar-refractivity contribution is -0.123. The third-order valence-electron chi connectivity index (χ3n) is 4.34. The summed E-state index contributed by atoms with van der Waals surface area (Å²) in [4.78, 5) is 11.9. The number of nitrogens with one attached hydrogen (secondary N) is 1. The summed E-state index contributed by atoms with van der Waals surface area (Å²) in [5, 5.41) is 4.59. The molecule has 3 rings (SSSR count). The fourth-order valence-electron chi connectivity index (χ4n) is 2.71. The number of halogens is 1. The van der Waals surface area contributed by atoms with Crippen LogP contribution < -0.4 is 24.4 Å². The summed E-state index contributed by atoms with van der Waals surface area (Å²) >= 11 is 6.17. The van der Waals surface area contributed by atoms with Crippen molar-refractivity contribution in [3.05, 3.63) is 82.9 Å². The number of benzene rings is 3. The molecule has 0 spiro atoms. The van der Waals surface area contributed by atoms with E-state index >= 15 is 0 Å². The molecule has 0 saturated carbocycles. The van der Waals surface area contributed by atoms with Crippen LogP contribution in [0.4, 0.5) is 0 Å². The molecule has 0 radical (unpaired) electrons. The standard InChI is InChI=1S/C24H23ClN2O5/c1-29-19-7-5-8-20(13-19)31-16-24(28)27-26-14-17-10-11-22(23(12-17)30-2)32-15-18-6-3-4-9-21(18)25/h3-14H,15-16H2,1-2H3,(H,27,28)/b26-14+. The van der Waals surface area contributed by atoms with E-state index in [1.54, 1.807) is 56.7 Å². The molecule has 0 aliphatic carbocycles. The molecule has 0 bridgehead atoms.